The third-order valence-corrected chi connectivity index (χ3v) is 1.33. The molecule has 0 saturated heterocycles. The van der Waals surface area contributed by atoms with E-state index in [1.54, 1.807) is 0 Å². The van der Waals surface area contributed by atoms with Crippen LogP contribution in [0.1, 0.15) is 6.92 Å². The SMILES string of the molecule is C[C@H](O)[C@H](O)[C@@H](O)[C@@H](O)C=O.[Pb]. The molecule has 0 unspecified atom stereocenters. The van der Waals surface area contributed by atoms with Gasteiger partial charge in [-0.05, 0) is 6.92 Å². The van der Waals surface area contributed by atoms with Gasteiger partial charge >= 0.3 is 0 Å². The molecule has 4 atom stereocenters. The molecule has 0 fully saturated rings. The van der Waals surface area contributed by atoms with Crippen molar-refractivity contribution in [2.24, 2.45) is 0 Å². The molecule has 0 aliphatic heterocycles. The Kier molecular flexibility index (Phi) is 8.58. The van der Waals surface area contributed by atoms with E-state index in [4.69, 9.17) is 20.4 Å². The maximum absolute atomic E-state index is 9.87. The Balaban J connectivity index is 0. The van der Waals surface area contributed by atoms with Gasteiger partial charge in [0.25, 0.3) is 0 Å². The van der Waals surface area contributed by atoms with Gasteiger partial charge in [-0.15, -0.1) is 0 Å². The fourth-order valence-electron chi connectivity index (χ4n) is 0.568. The summed E-state index contributed by atoms with van der Waals surface area (Å²) in [5, 5.41) is 35.1. The van der Waals surface area contributed by atoms with Gasteiger partial charge in [0, 0.05) is 27.3 Å². The molecule has 0 aromatic rings. The Morgan fingerprint density at radius 3 is 1.75 bits per heavy atom. The monoisotopic (exact) mass is 372 g/mol. The summed E-state index contributed by atoms with van der Waals surface area (Å²) in [5.41, 5.74) is 0. The maximum Gasteiger partial charge on any atom is 0.151 e. The van der Waals surface area contributed by atoms with Crippen LogP contribution in [-0.4, -0.2) is 78.4 Å². The molecular formula is C6H12O5Pb. The second-order valence-corrected chi connectivity index (χ2v) is 2.35. The van der Waals surface area contributed by atoms with E-state index in [1.165, 1.54) is 6.92 Å². The number of rotatable bonds is 4. The van der Waals surface area contributed by atoms with Gasteiger partial charge in [-0.3, -0.25) is 0 Å². The first kappa shape index (κ1) is 14.9. The van der Waals surface area contributed by atoms with Gasteiger partial charge < -0.3 is 25.2 Å². The quantitative estimate of drug-likeness (QED) is 0.318. The molecule has 0 aromatic heterocycles. The van der Waals surface area contributed by atoms with Crippen molar-refractivity contribution in [2.45, 2.75) is 31.3 Å². The standard InChI is InChI=1S/C6H12O5.Pb/c1-3(8)5(10)6(11)4(9)2-7;/h2-6,8-11H,1H3;/t3-,4-,5-,6-;/m0./s1. The summed E-state index contributed by atoms with van der Waals surface area (Å²) in [6.45, 7) is 1.24. The first-order chi connectivity index (χ1) is 5.00. The van der Waals surface area contributed by atoms with E-state index in [2.05, 4.69) is 0 Å². The van der Waals surface area contributed by atoms with Crippen LogP contribution in [0.3, 0.4) is 0 Å². The summed E-state index contributed by atoms with van der Waals surface area (Å²) in [7, 11) is 0. The molecule has 4 N–H and O–H groups in total. The van der Waals surface area contributed by atoms with Crippen molar-refractivity contribution >= 4 is 33.6 Å². The van der Waals surface area contributed by atoms with Crippen molar-refractivity contribution in [2.75, 3.05) is 0 Å². The number of aliphatic hydroxyl groups excluding tert-OH is 4. The van der Waals surface area contributed by atoms with Crippen LogP contribution < -0.4 is 0 Å². The fourth-order valence-corrected chi connectivity index (χ4v) is 0.568. The Morgan fingerprint density at radius 1 is 1.08 bits per heavy atom. The van der Waals surface area contributed by atoms with Crippen molar-refractivity contribution in [1.82, 2.24) is 0 Å². The number of hydrogen-bond donors (Lipinski definition) is 4. The third kappa shape index (κ3) is 4.46. The van der Waals surface area contributed by atoms with E-state index < -0.39 is 24.4 Å². The van der Waals surface area contributed by atoms with Gasteiger partial charge in [-0.25, -0.2) is 0 Å². The van der Waals surface area contributed by atoms with Gasteiger partial charge in [-0.2, -0.15) is 0 Å². The Labute approximate surface area is 90.2 Å². The average molecular weight is 371 g/mol. The number of carbonyl (C=O) groups is 1. The number of hydrogen-bond acceptors (Lipinski definition) is 5. The molecule has 0 aliphatic carbocycles. The van der Waals surface area contributed by atoms with Gasteiger partial charge in [0.1, 0.15) is 18.3 Å². The Bertz CT molecular complexity index is 129. The van der Waals surface area contributed by atoms with Crippen LogP contribution in [0.25, 0.3) is 0 Å². The van der Waals surface area contributed by atoms with E-state index in [0.29, 0.717) is 0 Å². The summed E-state index contributed by atoms with van der Waals surface area (Å²) in [6, 6.07) is 0. The van der Waals surface area contributed by atoms with Gasteiger partial charge in [-0.1, -0.05) is 0 Å². The molecule has 12 heavy (non-hydrogen) atoms. The van der Waals surface area contributed by atoms with Crippen molar-refractivity contribution in [3.63, 3.8) is 0 Å². The minimum atomic E-state index is -1.65. The molecule has 0 bridgehead atoms. The van der Waals surface area contributed by atoms with Crippen LogP contribution >= 0.6 is 0 Å². The molecule has 70 valence electrons. The molecule has 0 amide bonds. The summed E-state index contributed by atoms with van der Waals surface area (Å²) in [6.07, 6.45) is -5.88. The first-order valence-electron chi connectivity index (χ1n) is 3.18. The fraction of sp³-hybridized carbons (Fsp3) is 0.833. The van der Waals surface area contributed by atoms with Crippen molar-refractivity contribution in [1.29, 1.82) is 0 Å². The normalized spacial score (nSPS) is 20.1. The summed E-state index contributed by atoms with van der Waals surface area (Å²) >= 11 is 0. The molecule has 5 nitrogen and oxygen atoms in total. The van der Waals surface area contributed by atoms with Crippen LogP contribution in [0.5, 0.6) is 0 Å². The molecule has 0 rings (SSSR count). The topological polar surface area (TPSA) is 98.0 Å². The van der Waals surface area contributed by atoms with E-state index >= 15 is 0 Å². The van der Waals surface area contributed by atoms with Crippen molar-refractivity contribution in [3.8, 4) is 0 Å². The van der Waals surface area contributed by atoms with Crippen LogP contribution in [0, 0.1) is 0 Å². The Hall–Kier alpha value is 0.432. The Morgan fingerprint density at radius 2 is 1.50 bits per heavy atom. The van der Waals surface area contributed by atoms with E-state index in [1.807, 2.05) is 0 Å². The van der Waals surface area contributed by atoms with E-state index in [0.717, 1.165) is 0 Å². The largest absolute Gasteiger partial charge is 0.391 e. The zero-order valence-corrected chi connectivity index (χ0v) is 10.5. The second-order valence-electron chi connectivity index (χ2n) is 2.35. The van der Waals surface area contributed by atoms with Crippen molar-refractivity contribution < 1.29 is 25.2 Å². The van der Waals surface area contributed by atoms with Gasteiger partial charge in [0.15, 0.2) is 6.29 Å². The van der Waals surface area contributed by atoms with E-state index in [-0.39, 0.29) is 33.6 Å². The van der Waals surface area contributed by atoms with Gasteiger partial charge in [0.2, 0.25) is 0 Å². The summed E-state index contributed by atoms with van der Waals surface area (Å²) < 4.78 is 0. The number of carbonyl (C=O) groups excluding carboxylic acids is 1. The summed E-state index contributed by atoms with van der Waals surface area (Å²) in [5.74, 6) is 0. The minimum Gasteiger partial charge on any atom is -0.391 e. The summed E-state index contributed by atoms with van der Waals surface area (Å²) in [4.78, 5) is 9.87. The van der Waals surface area contributed by atoms with Crippen LogP contribution in [0.4, 0.5) is 0 Å². The zero-order chi connectivity index (χ0) is 9.02. The maximum atomic E-state index is 9.87. The zero-order valence-electron chi connectivity index (χ0n) is 6.58. The molecule has 0 aliphatic rings. The van der Waals surface area contributed by atoms with Crippen LogP contribution in [0.15, 0.2) is 0 Å². The molecule has 0 spiro atoms. The van der Waals surface area contributed by atoms with Crippen LogP contribution in [-0.2, 0) is 4.79 Å². The average Bonchev–Trinajstić information content (AvgIpc) is 2.00. The molecule has 0 aromatic carbocycles. The van der Waals surface area contributed by atoms with E-state index in [9.17, 15) is 4.79 Å². The van der Waals surface area contributed by atoms with Crippen LogP contribution in [0.2, 0.25) is 0 Å². The minimum absolute atomic E-state index is 0. The molecule has 4 radical (unpaired) electrons. The molecule has 6 heteroatoms. The van der Waals surface area contributed by atoms with Gasteiger partial charge in [0.05, 0.1) is 6.10 Å². The molecule has 0 saturated carbocycles. The number of aldehydes is 1. The third-order valence-electron chi connectivity index (χ3n) is 1.33. The first-order valence-corrected chi connectivity index (χ1v) is 3.18. The van der Waals surface area contributed by atoms with Crippen molar-refractivity contribution in [3.05, 3.63) is 0 Å². The molecular weight excluding hydrogens is 359 g/mol. The second kappa shape index (κ2) is 6.90. The smallest absolute Gasteiger partial charge is 0.151 e. The molecule has 0 heterocycles. The predicted molar refractivity (Wildman–Crippen MR) is 41.5 cm³/mol. The number of aliphatic hydroxyl groups is 4. The predicted octanol–water partition coefficient (Wildman–Crippen LogP) is -2.73.